The fraction of sp³-hybridized carbons (Fsp3) is 0.176. The van der Waals surface area contributed by atoms with Crippen molar-refractivity contribution in [1.29, 1.82) is 0 Å². The Balaban J connectivity index is 1.74. The molecular weight excluding hydrogens is 342 g/mol. The fourth-order valence-corrected chi connectivity index (χ4v) is 3.11. The molecule has 3 aromatic rings. The maximum Gasteiger partial charge on any atom is 0.325 e. The first-order chi connectivity index (χ1) is 12.1. The van der Waals surface area contributed by atoms with Crippen molar-refractivity contribution < 1.29 is 19.0 Å². The van der Waals surface area contributed by atoms with E-state index in [1.807, 2.05) is 6.07 Å². The third-order valence-corrected chi connectivity index (χ3v) is 4.40. The van der Waals surface area contributed by atoms with Gasteiger partial charge >= 0.3 is 6.03 Å². The van der Waals surface area contributed by atoms with Gasteiger partial charge in [-0.2, -0.15) is 0 Å². The topological polar surface area (TPSA) is 81.7 Å². The van der Waals surface area contributed by atoms with Crippen molar-refractivity contribution in [2.75, 3.05) is 32.0 Å². The molecule has 2 aromatic carbocycles. The number of nitrogens with one attached hydrogen (secondary N) is 2. The molecule has 1 heterocycles. The van der Waals surface area contributed by atoms with E-state index in [1.54, 1.807) is 51.7 Å². The highest BCUT2D eigenvalue weighted by Crippen LogP contribution is 2.36. The number of aromatic nitrogens is 1. The Kier molecular flexibility index (Phi) is 4.90. The first-order valence-corrected chi connectivity index (χ1v) is 8.19. The maximum atomic E-state index is 12.1. The lowest BCUT2D eigenvalue weighted by Gasteiger charge is -2.06. The molecule has 25 heavy (non-hydrogen) atoms. The summed E-state index contributed by atoms with van der Waals surface area (Å²) >= 11 is 1.35. The molecule has 8 heteroatoms. The number of amides is 2. The van der Waals surface area contributed by atoms with Crippen LogP contribution < -0.4 is 24.8 Å². The molecule has 0 fully saturated rings. The lowest BCUT2D eigenvalue weighted by atomic mass is 10.3. The number of ether oxygens (including phenoxy) is 3. The molecular formula is C17H17N3O4S. The lowest BCUT2D eigenvalue weighted by molar-refractivity contribution is 0.262. The summed E-state index contributed by atoms with van der Waals surface area (Å²) in [5, 5.41) is 5.95. The van der Waals surface area contributed by atoms with Crippen molar-refractivity contribution in [2.45, 2.75) is 0 Å². The van der Waals surface area contributed by atoms with Gasteiger partial charge in [0, 0.05) is 17.8 Å². The van der Waals surface area contributed by atoms with Crippen LogP contribution >= 0.6 is 11.3 Å². The van der Waals surface area contributed by atoms with Gasteiger partial charge in [-0.1, -0.05) is 11.3 Å². The highest BCUT2D eigenvalue weighted by atomic mass is 32.1. The third-order valence-electron chi connectivity index (χ3n) is 3.46. The number of fused-ring (bicyclic) bond motifs is 1. The van der Waals surface area contributed by atoms with Crippen LogP contribution in [0.25, 0.3) is 10.2 Å². The molecule has 0 saturated carbocycles. The van der Waals surface area contributed by atoms with E-state index in [9.17, 15) is 4.79 Å². The summed E-state index contributed by atoms with van der Waals surface area (Å²) in [6.45, 7) is 0. The molecule has 0 aliphatic heterocycles. The Morgan fingerprint density at radius 3 is 2.28 bits per heavy atom. The normalized spacial score (nSPS) is 10.4. The summed E-state index contributed by atoms with van der Waals surface area (Å²) in [5.74, 6) is 1.93. The predicted octanol–water partition coefficient (Wildman–Crippen LogP) is 3.97. The van der Waals surface area contributed by atoms with Gasteiger partial charge in [-0.05, 0) is 24.3 Å². The van der Waals surface area contributed by atoms with Crippen molar-refractivity contribution in [3.63, 3.8) is 0 Å². The number of nitrogens with zero attached hydrogens (tertiary/aromatic N) is 1. The number of urea groups is 1. The molecule has 130 valence electrons. The van der Waals surface area contributed by atoms with E-state index < -0.39 is 0 Å². The monoisotopic (exact) mass is 359 g/mol. The number of methoxy groups -OCH3 is 3. The van der Waals surface area contributed by atoms with E-state index in [0.29, 0.717) is 22.3 Å². The van der Waals surface area contributed by atoms with Crippen molar-refractivity contribution in [3.05, 3.63) is 36.4 Å². The molecule has 0 bridgehead atoms. The Morgan fingerprint density at radius 2 is 1.64 bits per heavy atom. The van der Waals surface area contributed by atoms with Crippen LogP contribution in [0.3, 0.4) is 0 Å². The average molecular weight is 359 g/mol. The molecule has 1 aromatic heterocycles. The number of anilines is 2. The molecule has 0 aliphatic rings. The molecule has 0 atom stereocenters. The Bertz CT molecular complexity index is 852. The van der Waals surface area contributed by atoms with Gasteiger partial charge in [-0.15, -0.1) is 0 Å². The Labute approximate surface area is 148 Å². The van der Waals surface area contributed by atoms with E-state index in [-0.39, 0.29) is 6.03 Å². The summed E-state index contributed by atoms with van der Waals surface area (Å²) in [5.41, 5.74) is 1.38. The standard InChI is InChI=1S/C17H17N3O4S/c1-22-11-6-4-10(5-7-11)18-16(21)20-17-19-12-8-13(23-2)14(24-3)9-15(12)25-17/h4-9H,1-3H3,(H2,18,19,20,21). The summed E-state index contributed by atoms with van der Waals surface area (Å²) in [7, 11) is 4.73. The minimum Gasteiger partial charge on any atom is -0.497 e. The molecule has 0 unspecified atom stereocenters. The Hall–Kier alpha value is -3.00. The van der Waals surface area contributed by atoms with Gasteiger partial charge < -0.3 is 19.5 Å². The SMILES string of the molecule is COc1ccc(NC(=O)Nc2nc3cc(OC)c(OC)cc3s2)cc1. The molecule has 2 N–H and O–H groups in total. The van der Waals surface area contributed by atoms with E-state index in [0.717, 1.165) is 16.0 Å². The smallest absolute Gasteiger partial charge is 0.325 e. The van der Waals surface area contributed by atoms with Gasteiger partial charge in [0.15, 0.2) is 16.6 Å². The highest BCUT2D eigenvalue weighted by molar-refractivity contribution is 7.22. The molecule has 0 spiro atoms. The second-order valence-corrected chi connectivity index (χ2v) is 6.03. The molecule has 7 nitrogen and oxygen atoms in total. The average Bonchev–Trinajstić information content (AvgIpc) is 3.01. The quantitative estimate of drug-likeness (QED) is 0.720. The van der Waals surface area contributed by atoms with Gasteiger partial charge in [0.05, 0.1) is 31.5 Å². The van der Waals surface area contributed by atoms with E-state index in [2.05, 4.69) is 15.6 Å². The second-order valence-electron chi connectivity index (χ2n) is 5.00. The van der Waals surface area contributed by atoms with Crippen molar-refractivity contribution in [2.24, 2.45) is 0 Å². The predicted molar refractivity (Wildman–Crippen MR) is 98.4 cm³/mol. The van der Waals surface area contributed by atoms with Gasteiger partial charge in [-0.3, -0.25) is 5.32 Å². The largest absolute Gasteiger partial charge is 0.497 e. The van der Waals surface area contributed by atoms with Crippen LogP contribution in [0.1, 0.15) is 0 Å². The van der Waals surface area contributed by atoms with Gasteiger partial charge in [0.2, 0.25) is 0 Å². The van der Waals surface area contributed by atoms with Crippen molar-refractivity contribution >= 4 is 38.4 Å². The van der Waals surface area contributed by atoms with Gasteiger partial charge in [-0.25, -0.2) is 9.78 Å². The molecule has 2 amide bonds. The van der Waals surface area contributed by atoms with Crippen LogP contribution in [0, 0.1) is 0 Å². The molecule has 0 saturated heterocycles. The summed E-state index contributed by atoms with van der Waals surface area (Å²) in [4.78, 5) is 16.5. The van der Waals surface area contributed by atoms with Crippen LogP contribution in [0.4, 0.5) is 15.6 Å². The third kappa shape index (κ3) is 3.74. The van der Waals surface area contributed by atoms with Crippen LogP contribution in [0.15, 0.2) is 36.4 Å². The van der Waals surface area contributed by atoms with E-state index in [1.165, 1.54) is 11.3 Å². The summed E-state index contributed by atoms with van der Waals surface area (Å²) < 4.78 is 16.5. The number of carbonyl (C=O) groups is 1. The number of carbonyl (C=O) groups excluding carboxylic acids is 1. The minimum atomic E-state index is -0.372. The van der Waals surface area contributed by atoms with Crippen molar-refractivity contribution in [1.82, 2.24) is 4.98 Å². The van der Waals surface area contributed by atoms with Crippen LogP contribution in [0.2, 0.25) is 0 Å². The first-order valence-electron chi connectivity index (χ1n) is 7.37. The van der Waals surface area contributed by atoms with Gasteiger partial charge in [0.25, 0.3) is 0 Å². The lowest BCUT2D eigenvalue weighted by Crippen LogP contribution is -2.19. The minimum absolute atomic E-state index is 0.372. The zero-order chi connectivity index (χ0) is 17.8. The van der Waals surface area contributed by atoms with Crippen LogP contribution in [0.5, 0.6) is 17.2 Å². The number of hydrogen-bond donors (Lipinski definition) is 2. The van der Waals surface area contributed by atoms with Crippen LogP contribution in [-0.4, -0.2) is 32.3 Å². The first kappa shape index (κ1) is 16.8. The maximum absolute atomic E-state index is 12.1. The molecule has 3 rings (SSSR count). The number of benzene rings is 2. The van der Waals surface area contributed by atoms with Crippen LogP contribution in [-0.2, 0) is 0 Å². The van der Waals surface area contributed by atoms with Gasteiger partial charge in [0.1, 0.15) is 5.75 Å². The summed E-state index contributed by atoms with van der Waals surface area (Å²) in [6, 6.07) is 10.3. The number of thiazole rings is 1. The van der Waals surface area contributed by atoms with E-state index >= 15 is 0 Å². The van der Waals surface area contributed by atoms with E-state index in [4.69, 9.17) is 14.2 Å². The van der Waals surface area contributed by atoms with Crippen molar-refractivity contribution in [3.8, 4) is 17.2 Å². The summed E-state index contributed by atoms with van der Waals surface area (Å²) in [6.07, 6.45) is 0. The number of hydrogen-bond acceptors (Lipinski definition) is 6. The second kappa shape index (κ2) is 7.27. The fourth-order valence-electron chi connectivity index (χ4n) is 2.24. The molecule has 0 aliphatic carbocycles. The highest BCUT2D eigenvalue weighted by Gasteiger charge is 2.12. The zero-order valence-electron chi connectivity index (χ0n) is 14.0. The molecule has 0 radical (unpaired) electrons. The zero-order valence-corrected chi connectivity index (χ0v) is 14.8. The Morgan fingerprint density at radius 1 is 0.960 bits per heavy atom. The number of rotatable bonds is 5.